The Bertz CT molecular complexity index is 2640. The van der Waals surface area contributed by atoms with Gasteiger partial charge in [-0.15, -0.1) is 0 Å². The molecule has 7 aromatic carbocycles. The van der Waals surface area contributed by atoms with Crippen LogP contribution in [0.4, 0.5) is 17.1 Å². The molecule has 0 fully saturated rings. The number of benzene rings is 7. The standard InChI is InChI=1S/C46H30N4/c1-4-16-31(17-5-1)40-29-41(32-18-6-2-7-19-32)48-46(47-40)50-43-27-15-13-25-37(43)39-28-38-35-23-11-10-22-34(35)36-24-12-14-26-42(36)49(44(38)30-45(39)50)33-20-8-3-9-21-33/h1-30H. The molecule has 0 aliphatic carbocycles. The maximum atomic E-state index is 5.29. The average molecular weight is 639 g/mol. The molecule has 0 unspecified atom stereocenters. The zero-order chi connectivity index (χ0) is 33.0. The van der Waals surface area contributed by atoms with Crippen LogP contribution in [-0.2, 0) is 0 Å². The second kappa shape index (κ2) is 11.4. The number of aromatic nitrogens is 3. The molecule has 4 nitrogen and oxygen atoms in total. The summed E-state index contributed by atoms with van der Waals surface area (Å²) in [6, 6.07) is 64.4. The molecule has 0 N–H and O–H groups in total. The van der Waals surface area contributed by atoms with Crippen molar-refractivity contribution < 1.29 is 0 Å². The molecule has 0 atom stereocenters. The Hall–Kier alpha value is -6.78. The summed E-state index contributed by atoms with van der Waals surface area (Å²) in [4.78, 5) is 13.0. The minimum atomic E-state index is 0.636. The second-order valence-corrected chi connectivity index (χ2v) is 12.6. The fraction of sp³-hybridized carbons (Fsp3) is 0. The molecule has 0 saturated carbocycles. The molecule has 0 bridgehead atoms. The molecule has 0 saturated heterocycles. The SMILES string of the molecule is c1ccc(-c2cc(-c3ccccc3)nc(-n3c4ccccc4c4cc5c(cc43)N(c3ccccc3)c3ccccc3-c3ccccc3-5)n2)cc1. The first-order chi connectivity index (χ1) is 24.8. The predicted molar refractivity (Wildman–Crippen MR) is 206 cm³/mol. The topological polar surface area (TPSA) is 34.0 Å². The first-order valence-corrected chi connectivity index (χ1v) is 16.9. The first-order valence-electron chi connectivity index (χ1n) is 16.9. The van der Waals surface area contributed by atoms with Gasteiger partial charge in [0.2, 0.25) is 5.95 Å². The van der Waals surface area contributed by atoms with E-state index in [0.29, 0.717) is 5.95 Å². The monoisotopic (exact) mass is 638 g/mol. The van der Waals surface area contributed by atoms with Crippen LogP contribution in [0.25, 0.3) is 72.5 Å². The molecule has 3 heterocycles. The van der Waals surface area contributed by atoms with Crippen LogP contribution in [0, 0.1) is 0 Å². The van der Waals surface area contributed by atoms with Crippen LogP contribution < -0.4 is 4.90 Å². The quantitative estimate of drug-likeness (QED) is 0.192. The molecule has 50 heavy (non-hydrogen) atoms. The van der Waals surface area contributed by atoms with Crippen molar-refractivity contribution in [1.29, 1.82) is 0 Å². The van der Waals surface area contributed by atoms with Crippen molar-refractivity contribution >= 4 is 38.9 Å². The van der Waals surface area contributed by atoms with E-state index in [2.05, 4.69) is 179 Å². The number of anilines is 3. The third kappa shape index (κ3) is 4.46. The van der Waals surface area contributed by atoms with Gasteiger partial charge < -0.3 is 4.90 Å². The van der Waals surface area contributed by atoms with Gasteiger partial charge in [0.25, 0.3) is 0 Å². The third-order valence-corrected chi connectivity index (χ3v) is 9.75. The van der Waals surface area contributed by atoms with Gasteiger partial charge >= 0.3 is 0 Å². The molecule has 0 radical (unpaired) electrons. The van der Waals surface area contributed by atoms with Gasteiger partial charge in [-0.3, -0.25) is 4.57 Å². The molecular weight excluding hydrogens is 609 g/mol. The third-order valence-electron chi connectivity index (χ3n) is 9.75. The average Bonchev–Trinajstić information content (AvgIpc) is 3.46. The van der Waals surface area contributed by atoms with Crippen LogP contribution in [0.5, 0.6) is 0 Å². The van der Waals surface area contributed by atoms with Crippen molar-refractivity contribution in [2.75, 3.05) is 4.90 Å². The van der Waals surface area contributed by atoms with E-state index in [0.717, 1.165) is 61.4 Å². The van der Waals surface area contributed by atoms with Crippen molar-refractivity contribution in [1.82, 2.24) is 14.5 Å². The summed E-state index contributed by atoms with van der Waals surface area (Å²) >= 11 is 0. The molecule has 10 rings (SSSR count). The molecule has 0 spiro atoms. The van der Waals surface area contributed by atoms with Crippen LogP contribution >= 0.6 is 0 Å². The molecular formula is C46H30N4. The van der Waals surface area contributed by atoms with Crippen molar-refractivity contribution in [3.05, 3.63) is 182 Å². The van der Waals surface area contributed by atoms with E-state index in [4.69, 9.17) is 9.97 Å². The Labute approximate surface area is 290 Å². The molecule has 4 heteroatoms. The zero-order valence-corrected chi connectivity index (χ0v) is 27.1. The van der Waals surface area contributed by atoms with E-state index in [-0.39, 0.29) is 0 Å². The van der Waals surface area contributed by atoms with E-state index in [1.54, 1.807) is 0 Å². The number of para-hydroxylation sites is 3. The smallest absolute Gasteiger partial charge is 0.235 e. The summed E-state index contributed by atoms with van der Waals surface area (Å²) in [5.41, 5.74) is 14.1. The van der Waals surface area contributed by atoms with Gasteiger partial charge in [-0.25, -0.2) is 9.97 Å². The first kappa shape index (κ1) is 28.3. The van der Waals surface area contributed by atoms with Gasteiger partial charge in [-0.05, 0) is 53.6 Å². The molecule has 0 amide bonds. The zero-order valence-electron chi connectivity index (χ0n) is 27.1. The minimum Gasteiger partial charge on any atom is -0.309 e. The Kier molecular flexibility index (Phi) is 6.46. The summed E-state index contributed by atoms with van der Waals surface area (Å²) in [7, 11) is 0. The summed E-state index contributed by atoms with van der Waals surface area (Å²) in [5, 5.41) is 2.31. The number of fused-ring (bicyclic) bond motifs is 8. The maximum Gasteiger partial charge on any atom is 0.235 e. The molecule has 9 aromatic rings. The number of hydrogen-bond acceptors (Lipinski definition) is 3. The van der Waals surface area contributed by atoms with Crippen LogP contribution in [0.15, 0.2) is 182 Å². The van der Waals surface area contributed by atoms with E-state index in [1.165, 1.54) is 22.3 Å². The fourth-order valence-electron chi connectivity index (χ4n) is 7.50. The van der Waals surface area contributed by atoms with Crippen molar-refractivity contribution in [2.24, 2.45) is 0 Å². The molecule has 1 aliphatic heterocycles. The number of nitrogens with zero attached hydrogens (tertiary/aromatic N) is 4. The van der Waals surface area contributed by atoms with E-state index >= 15 is 0 Å². The Morgan fingerprint density at radius 2 is 0.900 bits per heavy atom. The van der Waals surface area contributed by atoms with E-state index < -0.39 is 0 Å². The highest BCUT2D eigenvalue weighted by Crippen LogP contribution is 2.52. The van der Waals surface area contributed by atoms with Crippen LogP contribution in [0.1, 0.15) is 0 Å². The van der Waals surface area contributed by atoms with Crippen molar-refractivity contribution in [3.8, 4) is 50.7 Å². The lowest BCUT2D eigenvalue weighted by Gasteiger charge is -2.27. The summed E-state index contributed by atoms with van der Waals surface area (Å²) < 4.78 is 2.25. The minimum absolute atomic E-state index is 0.636. The predicted octanol–water partition coefficient (Wildman–Crippen LogP) is 12.0. The molecule has 2 aromatic heterocycles. The van der Waals surface area contributed by atoms with Crippen LogP contribution in [0.2, 0.25) is 0 Å². The molecule has 1 aliphatic rings. The van der Waals surface area contributed by atoms with Crippen molar-refractivity contribution in [3.63, 3.8) is 0 Å². The Balaban J connectivity index is 1.33. The largest absolute Gasteiger partial charge is 0.309 e. The lowest BCUT2D eigenvalue weighted by Crippen LogP contribution is -2.11. The highest BCUT2D eigenvalue weighted by atomic mass is 15.2. The number of hydrogen-bond donors (Lipinski definition) is 0. The van der Waals surface area contributed by atoms with Gasteiger partial charge in [0.15, 0.2) is 0 Å². The van der Waals surface area contributed by atoms with Gasteiger partial charge in [0.1, 0.15) is 0 Å². The Morgan fingerprint density at radius 3 is 1.58 bits per heavy atom. The fourth-order valence-corrected chi connectivity index (χ4v) is 7.50. The van der Waals surface area contributed by atoms with Crippen LogP contribution in [0.3, 0.4) is 0 Å². The summed E-state index contributed by atoms with van der Waals surface area (Å²) in [6.45, 7) is 0. The van der Waals surface area contributed by atoms with E-state index in [1.807, 2.05) is 12.1 Å². The normalized spacial score (nSPS) is 12.0. The summed E-state index contributed by atoms with van der Waals surface area (Å²) in [5.74, 6) is 0.636. The maximum absolute atomic E-state index is 5.29. The highest BCUT2D eigenvalue weighted by Gasteiger charge is 2.28. The second-order valence-electron chi connectivity index (χ2n) is 12.6. The van der Waals surface area contributed by atoms with Gasteiger partial charge in [-0.1, -0.05) is 140 Å². The number of rotatable bonds is 4. The van der Waals surface area contributed by atoms with Gasteiger partial charge in [0, 0.05) is 38.7 Å². The summed E-state index contributed by atoms with van der Waals surface area (Å²) in [6.07, 6.45) is 0. The molecule has 234 valence electrons. The highest BCUT2D eigenvalue weighted by molar-refractivity contribution is 6.14. The Morgan fingerprint density at radius 1 is 0.360 bits per heavy atom. The van der Waals surface area contributed by atoms with Gasteiger partial charge in [0.05, 0.1) is 33.8 Å². The van der Waals surface area contributed by atoms with Gasteiger partial charge in [-0.2, -0.15) is 0 Å². The van der Waals surface area contributed by atoms with Crippen LogP contribution in [-0.4, -0.2) is 14.5 Å². The lowest BCUT2D eigenvalue weighted by atomic mass is 9.94. The van der Waals surface area contributed by atoms with E-state index in [9.17, 15) is 0 Å². The lowest BCUT2D eigenvalue weighted by molar-refractivity contribution is 0.995. The van der Waals surface area contributed by atoms with Crippen molar-refractivity contribution in [2.45, 2.75) is 0 Å².